The lowest BCUT2D eigenvalue weighted by molar-refractivity contribution is 0.406. The summed E-state index contributed by atoms with van der Waals surface area (Å²) < 4.78 is 0. The maximum atomic E-state index is 4.44. The third-order valence-corrected chi connectivity index (χ3v) is 1.92. The molecule has 74 valence electrons. The van der Waals surface area contributed by atoms with Gasteiger partial charge in [-0.05, 0) is 11.8 Å². The van der Waals surface area contributed by atoms with E-state index in [1.54, 1.807) is 6.20 Å². The molecule has 0 unspecified atom stereocenters. The second kappa shape index (κ2) is 3.04. The van der Waals surface area contributed by atoms with E-state index in [1.807, 2.05) is 6.20 Å². The summed E-state index contributed by atoms with van der Waals surface area (Å²) in [6, 6.07) is 0. The molecule has 2 rings (SSSR count). The van der Waals surface area contributed by atoms with Crippen molar-refractivity contribution in [1.82, 2.24) is 20.2 Å². The zero-order valence-corrected chi connectivity index (χ0v) is 8.70. The summed E-state index contributed by atoms with van der Waals surface area (Å²) in [7, 11) is 0. The lowest BCUT2D eigenvalue weighted by atomic mass is 9.91. The predicted octanol–water partition coefficient (Wildman–Crippen LogP) is 1.94. The number of aromatic nitrogens is 4. The van der Waals surface area contributed by atoms with Gasteiger partial charge in [0.25, 0.3) is 0 Å². The predicted molar refractivity (Wildman–Crippen MR) is 54.8 cm³/mol. The molecule has 0 atom stereocenters. The zero-order chi connectivity index (χ0) is 10.2. The van der Waals surface area contributed by atoms with Crippen molar-refractivity contribution in [1.29, 1.82) is 0 Å². The van der Waals surface area contributed by atoms with Crippen LogP contribution in [0.4, 0.5) is 0 Å². The molecule has 14 heavy (non-hydrogen) atoms. The molecule has 0 fully saturated rings. The van der Waals surface area contributed by atoms with Crippen molar-refractivity contribution >= 4 is 11.2 Å². The van der Waals surface area contributed by atoms with Crippen molar-refractivity contribution < 1.29 is 0 Å². The van der Waals surface area contributed by atoms with Gasteiger partial charge in [0.2, 0.25) is 0 Å². The molecule has 0 saturated carbocycles. The zero-order valence-electron chi connectivity index (χ0n) is 8.70. The van der Waals surface area contributed by atoms with Crippen molar-refractivity contribution in [3.05, 3.63) is 18.1 Å². The highest BCUT2D eigenvalue weighted by Gasteiger charge is 2.13. The van der Waals surface area contributed by atoms with E-state index in [0.29, 0.717) is 0 Å². The molecular weight excluding hydrogens is 176 g/mol. The minimum atomic E-state index is 0.238. The van der Waals surface area contributed by atoms with Crippen molar-refractivity contribution in [2.75, 3.05) is 0 Å². The maximum Gasteiger partial charge on any atom is 0.174 e. The van der Waals surface area contributed by atoms with Gasteiger partial charge in [-0.3, -0.25) is 5.10 Å². The molecule has 0 amide bonds. The molecule has 0 aromatic carbocycles. The molecule has 2 aromatic rings. The Morgan fingerprint density at radius 2 is 2.07 bits per heavy atom. The summed E-state index contributed by atoms with van der Waals surface area (Å²) in [5.74, 6) is 0. The normalized spacial score (nSPS) is 12.2. The van der Waals surface area contributed by atoms with Crippen molar-refractivity contribution in [3.8, 4) is 0 Å². The Kier molecular flexibility index (Phi) is 1.98. The highest BCUT2D eigenvalue weighted by Crippen LogP contribution is 2.19. The van der Waals surface area contributed by atoms with E-state index in [2.05, 4.69) is 40.9 Å². The molecule has 4 heteroatoms. The van der Waals surface area contributed by atoms with Crippen LogP contribution in [0.1, 0.15) is 26.5 Å². The third-order valence-electron chi connectivity index (χ3n) is 1.92. The first-order valence-corrected chi connectivity index (χ1v) is 4.70. The van der Waals surface area contributed by atoms with Crippen molar-refractivity contribution in [3.63, 3.8) is 0 Å². The number of nitrogens with one attached hydrogen (secondary N) is 1. The van der Waals surface area contributed by atoms with Crippen molar-refractivity contribution in [2.24, 2.45) is 5.41 Å². The Morgan fingerprint density at radius 1 is 1.29 bits per heavy atom. The molecule has 2 heterocycles. The molecule has 4 nitrogen and oxygen atoms in total. The van der Waals surface area contributed by atoms with Crippen LogP contribution in [0.2, 0.25) is 0 Å². The Balaban J connectivity index is 2.35. The minimum Gasteiger partial charge on any atom is -0.259 e. The fourth-order valence-electron chi connectivity index (χ4n) is 1.39. The fourth-order valence-corrected chi connectivity index (χ4v) is 1.39. The Morgan fingerprint density at radius 3 is 2.79 bits per heavy atom. The Hall–Kier alpha value is -1.45. The van der Waals surface area contributed by atoms with Gasteiger partial charge in [-0.25, -0.2) is 9.97 Å². The minimum absolute atomic E-state index is 0.238. The fraction of sp³-hybridized carbons (Fsp3) is 0.500. The second-order valence-corrected chi connectivity index (χ2v) is 4.70. The highest BCUT2D eigenvalue weighted by molar-refractivity contribution is 5.67. The molecule has 0 aliphatic carbocycles. The molecule has 0 aliphatic rings. The van der Waals surface area contributed by atoms with Gasteiger partial charge < -0.3 is 0 Å². The molecular formula is C10H14N4. The first kappa shape index (κ1) is 9.12. The Bertz CT molecular complexity index is 439. The van der Waals surface area contributed by atoms with Crippen LogP contribution in [-0.2, 0) is 6.42 Å². The topological polar surface area (TPSA) is 54.5 Å². The number of H-pyrrole nitrogens is 1. The lowest BCUT2D eigenvalue weighted by Crippen LogP contribution is -2.10. The summed E-state index contributed by atoms with van der Waals surface area (Å²) in [6.45, 7) is 6.56. The van der Waals surface area contributed by atoms with E-state index in [0.717, 1.165) is 23.3 Å². The first-order valence-electron chi connectivity index (χ1n) is 4.70. The van der Waals surface area contributed by atoms with Gasteiger partial charge in [0.05, 0.1) is 11.9 Å². The third kappa shape index (κ3) is 1.89. The van der Waals surface area contributed by atoms with Crippen LogP contribution in [-0.4, -0.2) is 20.2 Å². The van der Waals surface area contributed by atoms with E-state index >= 15 is 0 Å². The van der Waals surface area contributed by atoms with Crippen LogP contribution >= 0.6 is 0 Å². The van der Waals surface area contributed by atoms with Gasteiger partial charge in [-0.15, -0.1) is 0 Å². The Labute approximate surface area is 82.8 Å². The average molecular weight is 190 g/mol. The first-order chi connectivity index (χ1) is 6.54. The molecule has 0 radical (unpaired) electrons. The number of hydrogen-bond donors (Lipinski definition) is 1. The molecule has 0 spiro atoms. The van der Waals surface area contributed by atoms with E-state index in [-0.39, 0.29) is 5.41 Å². The summed E-state index contributed by atoms with van der Waals surface area (Å²) in [6.07, 6.45) is 4.43. The number of nitrogens with zero attached hydrogens (tertiary/aromatic N) is 3. The lowest BCUT2D eigenvalue weighted by Gasteiger charge is -2.16. The quantitative estimate of drug-likeness (QED) is 0.747. The monoisotopic (exact) mass is 190 g/mol. The largest absolute Gasteiger partial charge is 0.259 e. The van der Waals surface area contributed by atoms with Gasteiger partial charge in [-0.2, -0.15) is 5.10 Å². The summed E-state index contributed by atoms with van der Waals surface area (Å²) in [5.41, 5.74) is 2.84. The van der Waals surface area contributed by atoms with E-state index in [1.165, 1.54) is 0 Å². The summed E-state index contributed by atoms with van der Waals surface area (Å²) in [5, 5.41) is 6.71. The molecule has 2 aromatic heterocycles. The molecule has 0 aliphatic heterocycles. The van der Waals surface area contributed by atoms with Gasteiger partial charge >= 0.3 is 0 Å². The standard InChI is InChI=1S/C10H14N4/c1-10(2,3)4-7-5-11-8-6-12-14-9(8)13-7/h5-6H,4H2,1-3H3,(H,12,13,14). The number of hydrogen-bond acceptors (Lipinski definition) is 3. The number of aromatic amines is 1. The smallest absolute Gasteiger partial charge is 0.174 e. The van der Waals surface area contributed by atoms with Crippen LogP contribution in [0.15, 0.2) is 12.4 Å². The van der Waals surface area contributed by atoms with Crippen molar-refractivity contribution in [2.45, 2.75) is 27.2 Å². The van der Waals surface area contributed by atoms with E-state index in [9.17, 15) is 0 Å². The van der Waals surface area contributed by atoms with Crippen LogP contribution in [0, 0.1) is 5.41 Å². The van der Waals surface area contributed by atoms with Crippen LogP contribution in [0.3, 0.4) is 0 Å². The number of rotatable bonds is 1. The second-order valence-electron chi connectivity index (χ2n) is 4.70. The summed E-state index contributed by atoms with van der Waals surface area (Å²) >= 11 is 0. The van der Waals surface area contributed by atoms with Crippen LogP contribution in [0.5, 0.6) is 0 Å². The van der Waals surface area contributed by atoms with Gasteiger partial charge in [0.15, 0.2) is 5.65 Å². The van der Waals surface area contributed by atoms with E-state index in [4.69, 9.17) is 0 Å². The molecule has 0 saturated heterocycles. The molecule has 0 bridgehead atoms. The number of fused-ring (bicyclic) bond motifs is 1. The highest BCUT2D eigenvalue weighted by atomic mass is 15.1. The SMILES string of the molecule is CC(C)(C)Cc1cnc2cn[nH]c2n1. The average Bonchev–Trinajstić information content (AvgIpc) is 2.47. The van der Waals surface area contributed by atoms with Gasteiger partial charge in [-0.1, -0.05) is 20.8 Å². The summed E-state index contributed by atoms with van der Waals surface area (Å²) in [4.78, 5) is 8.71. The van der Waals surface area contributed by atoms with Crippen LogP contribution in [0.25, 0.3) is 11.2 Å². The van der Waals surface area contributed by atoms with Crippen LogP contribution < -0.4 is 0 Å². The van der Waals surface area contributed by atoms with Gasteiger partial charge in [0, 0.05) is 6.20 Å². The molecule has 1 N–H and O–H groups in total. The maximum absolute atomic E-state index is 4.44. The van der Waals surface area contributed by atoms with E-state index < -0.39 is 0 Å². The van der Waals surface area contributed by atoms with Gasteiger partial charge in [0.1, 0.15) is 5.52 Å².